The molecule has 3 rings (SSSR count). The maximum absolute atomic E-state index is 13.1. The summed E-state index contributed by atoms with van der Waals surface area (Å²) >= 11 is 0. The molecule has 21 heavy (non-hydrogen) atoms. The molecule has 0 aliphatic carbocycles. The topological polar surface area (TPSA) is 46.1 Å². The quantitative estimate of drug-likeness (QED) is 0.615. The van der Waals surface area contributed by atoms with E-state index in [-0.39, 0.29) is 11.3 Å². The molecule has 0 saturated carbocycles. The first-order chi connectivity index (χ1) is 9.75. The first kappa shape index (κ1) is 13.7. The Hall–Kier alpha value is -2.31. The molecule has 2 heterocycles. The summed E-state index contributed by atoms with van der Waals surface area (Å²) in [6.07, 6.45) is -4.54. The van der Waals surface area contributed by atoms with E-state index in [2.05, 4.69) is 0 Å². The minimum absolute atomic E-state index is 0.0644. The molecule has 110 valence electrons. The Morgan fingerprint density at radius 1 is 1.19 bits per heavy atom. The first-order valence-electron chi connectivity index (χ1n) is 6.27. The first-order valence-corrected chi connectivity index (χ1v) is 6.27. The van der Waals surface area contributed by atoms with E-state index < -0.39 is 22.6 Å². The molecule has 0 amide bonds. The summed E-state index contributed by atoms with van der Waals surface area (Å²) in [5.74, 6) is -0.946. The Bertz CT molecular complexity index is 719. The lowest BCUT2D eigenvalue weighted by Gasteiger charge is -2.15. The van der Waals surface area contributed by atoms with Gasteiger partial charge in [-0.25, -0.2) is 0 Å². The molecule has 2 aliphatic heterocycles. The van der Waals surface area contributed by atoms with Gasteiger partial charge in [0.05, 0.1) is 21.9 Å². The summed E-state index contributed by atoms with van der Waals surface area (Å²) < 4.78 is 39.4. The zero-order valence-electron chi connectivity index (χ0n) is 11.2. The van der Waals surface area contributed by atoms with Crippen LogP contribution >= 0.6 is 0 Å². The molecule has 0 spiro atoms. The van der Waals surface area contributed by atoms with Gasteiger partial charge in [-0.05, 0) is 25.5 Å². The summed E-state index contributed by atoms with van der Waals surface area (Å²) in [5.41, 5.74) is 0.722. The minimum Gasteiger partial charge on any atom is -0.311 e. The average Bonchev–Trinajstić information content (AvgIpc) is 2.92. The normalized spacial score (nSPS) is 21.0. The summed E-state index contributed by atoms with van der Waals surface area (Å²) in [6, 6.07) is 5.03. The molecule has 0 aromatic heterocycles. The van der Waals surface area contributed by atoms with Gasteiger partial charge in [-0.2, -0.15) is 13.2 Å². The maximum atomic E-state index is 13.1. The second-order valence-corrected chi connectivity index (χ2v) is 5.05. The fourth-order valence-electron chi connectivity index (χ4n) is 3.03. The molecule has 0 bridgehead atoms. The number of fused-ring (bicyclic) bond motifs is 1. The van der Waals surface area contributed by atoms with E-state index in [0.717, 1.165) is 11.8 Å². The van der Waals surface area contributed by atoms with Crippen LogP contribution < -0.4 is 0 Å². The number of nitrogens with zero attached hydrogens (tertiary/aromatic N) is 2. The maximum Gasteiger partial charge on any atom is 0.416 e. The van der Waals surface area contributed by atoms with Gasteiger partial charge in [-0.1, -0.05) is 18.2 Å². The van der Waals surface area contributed by atoms with Crippen LogP contribution in [0.2, 0.25) is 0 Å². The molecule has 1 aromatic rings. The molecule has 0 radical (unpaired) electrons. The second-order valence-electron chi connectivity index (χ2n) is 5.05. The lowest BCUT2D eigenvalue weighted by molar-refractivity contribution is -0.429. The van der Waals surface area contributed by atoms with E-state index in [0.29, 0.717) is 11.4 Å². The Kier molecular flexibility index (Phi) is 2.66. The van der Waals surface area contributed by atoms with Crippen molar-refractivity contribution in [2.45, 2.75) is 25.9 Å². The highest BCUT2D eigenvalue weighted by Gasteiger charge is 2.54. The molecule has 1 atom stereocenters. The summed E-state index contributed by atoms with van der Waals surface area (Å²) in [7, 11) is 0. The van der Waals surface area contributed by atoms with Gasteiger partial charge in [-0.15, -0.1) is 0 Å². The van der Waals surface area contributed by atoms with E-state index in [1.807, 2.05) is 0 Å². The summed E-state index contributed by atoms with van der Waals surface area (Å²) in [6.45, 7) is 3.31. The molecule has 1 unspecified atom stereocenters. The Morgan fingerprint density at radius 2 is 1.81 bits per heavy atom. The van der Waals surface area contributed by atoms with E-state index in [9.17, 15) is 23.3 Å². The van der Waals surface area contributed by atoms with Crippen LogP contribution in [0.3, 0.4) is 0 Å². The average molecular weight is 296 g/mol. The third-order valence-corrected chi connectivity index (χ3v) is 3.92. The molecular formula is C14H11F3N2O2. The van der Waals surface area contributed by atoms with Gasteiger partial charge in [0.15, 0.2) is 0 Å². The Balaban J connectivity index is 2.19. The van der Waals surface area contributed by atoms with Crippen LogP contribution in [0.4, 0.5) is 13.2 Å². The SMILES string of the molecule is CC1=C2C(c3ccccc3C(F)(F)F)C([N+](=O)[O-])=C(C)N12. The van der Waals surface area contributed by atoms with Crippen molar-refractivity contribution >= 4 is 0 Å². The highest BCUT2D eigenvalue weighted by molar-refractivity contribution is 5.57. The van der Waals surface area contributed by atoms with Crippen LogP contribution in [0, 0.1) is 10.1 Å². The van der Waals surface area contributed by atoms with Crippen molar-refractivity contribution in [2.24, 2.45) is 0 Å². The number of benzene rings is 1. The van der Waals surface area contributed by atoms with Crippen LogP contribution in [-0.4, -0.2) is 9.82 Å². The molecule has 0 saturated heterocycles. The van der Waals surface area contributed by atoms with Gasteiger partial charge in [-0.3, -0.25) is 10.1 Å². The molecular weight excluding hydrogens is 285 g/mol. The van der Waals surface area contributed by atoms with Crippen LogP contribution in [0.1, 0.15) is 30.9 Å². The van der Waals surface area contributed by atoms with Crippen molar-refractivity contribution in [3.63, 3.8) is 0 Å². The lowest BCUT2D eigenvalue weighted by atomic mass is 9.90. The number of halogens is 3. The fourth-order valence-corrected chi connectivity index (χ4v) is 3.03. The van der Waals surface area contributed by atoms with E-state index in [1.165, 1.54) is 18.2 Å². The molecule has 1 aromatic carbocycles. The third-order valence-electron chi connectivity index (χ3n) is 3.92. The predicted octanol–water partition coefficient (Wildman–Crippen LogP) is 3.86. The highest BCUT2D eigenvalue weighted by Crippen LogP contribution is 2.57. The van der Waals surface area contributed by atoms with Crippen molar-refractivity contribution < 1.29 is 18.1 Å². The number of hydrogen-bond acceptors (Lipinski definition) is 3. The van der Waals surface area contributed by atoms with E-state index >= 15 is 0 Å². The number of allylic oxidation sites excluding steroid dienone is 2. The highest BCUT2D eigenvalue weighted by atomic mass is 19.4. The van der Waals surface area contributed by atoms with Crippen molar-refractivity contribution in [2.75, 3.05) is 0 Å². The monoisotopic (exact) mass is 296 g/mol. The number of nitro groups is 1. The van der Waals surface area contributed by atoms with Crippen LogP contribution in [0.5, 0.6) is 0 Å². The van der Waals surface area contributed by atoms with Gasteiger partial charge in [0, 0.05) is 5.70 Å². The Morgan fingerprint density at radius 3 is 2.38 bits per heavy atom. The van der Waals surface area contributed by atoms with Gasteiger partial charge in [0.25, 0.3) is 5.70 Å². The predicted molar refractivity (Wildman–Crippen MR) is 68.4 cm³/mol. The third kappa shape index (κ3) is 1.84. The zero-order valence-corrected chi connectivity index (χ0v) is 11.2. The van der Waals surface area contributed by atoms with Crippen molar-refractivity contribution in [1.29, 1.82) is 0 Å². The van der Waals surface area contributed by atoms with Crippen molar-refractivity contribution in [3.05, 3.63) is 68.3 Å². The smallest absolute Gasteiger partial charge is 0.311 e. The van der Waals surface area contributed by atoms with Crippen LogP contribution in [0.25, 0.3) is 0 Å². The van der Waals surface area contributed by atoms with Crippen LogP contribution in [0.15, 0.2) is 47.1 Å². The van der Waals surface area contributed by atoms with Crippen molar-refractivity contribution in [3.8, 4) is 0 Å². The second kappa shape index (κ2) is 4.09. The molecule has 2 aliphatic rings. The molecule has 0 fully saturated rings. The van der Waals surface area contributed by atoms with Gasteiger partial charge < -0.3 is 4.90 Å². The standard InChI is InChI=1S/C14H11F3N2O2/c1-7-12-11(13(19(20)21)8(2)18(7)12)9-5-3-4-6-10(9)14(15,16)17/h3-6,11H,1-2H3. The largest absolute Gasteiger partial charge is 0.416 e. The van der Waals surface area contributed by atoms with Crippen LogP contribution in [-0.2, 0) is 6.18 Å². The van der Waals surface area contributed by atoms with Crippen molar-refractivity contribution in [1.82, 2.24) is 4.90 Å². The molecule has 4 nitrogen and oxygen atoms in total. The molecule has 7 heteroatoms. The lowest BCUT2D eigenvalue weighted by Crippen LogP contribution is -2.15. The number of rotatable bonds is 2. The number of alkyl halides is 3. The zero-order chi connectivity index (χ0) is 15.5. The Labute approximate surface area is 118 Å². The van der Waals surface area contributed by atoms with Gasteiger partial charge >= 0.3 is 6.18 Å². The summed E-state index contributed by atoms with van der Waals surface area (Å²) in [5, 5.41) is 11.2. The molecule has 0 N–H and O–H groups in total. The summed E-state index contributed by atoms with van der Waals surface area (Å²) in [4.78, 5) is 12.3. The fraction of sp³-hybridized carbons (Fsp3) is 0.286. The number of hydrogen-bond donors (Lipinski definition) is 0. The van der Waals surface area contributed by atoms with E-state index in [4.69, 9.17) is 0 Å². The van der Waals surface area contributed by atoms with E-state index in [1.54, 1.807) is 18.7 Å². The van der Waals surface area contributed by atoms with Gasteiger partial charge in [0.2, 0.25) is 0 Å². The van der Waals surface area contributed by atoms with Gasteiger partial charge in [0.1, 0.15) is 5.92 Å². The minimum atomic E-state index is -4.54.